The SMILES string of the molecule is Cc1ccc(-c2nc(COc3ccc(F)c(C(=O)NC(=O)C4CCN(C)CC4)c3F)oc2Br)nc1. The van der Waals surface area contributed by atoms with Gasteiger partial charge in [0.1, 0.15) is 17.1 Å². The molecule has 0 spiro atoms. The number of aromatic nitrogens is 2. The van der Waals surface area contributed by atoms with Crippen molar-refractivity contribution in [2.24, 2.45) is 5.92 Å². The number of piperidine rings is 1. The van der Waals surface area contributed by atoms with E-state index in [-0.39, 0.29) is 24.2 Å². The largest absolute Gasteiger partial charge is 0.481 e. The molecule has 2 amide bonds. The van der Waals surface area contributed by atoms with Crippen molar-refractivity contribution in [3.8, 4) is 17.1 Å². The van der Waals surface area contributed by atoms with Crippen LogP contribution in [-0.2, 0) is 11.4 Å². The number of hydrogen-bond acceptors (Lipinski definition) is 7. The molecular weight excluding hydrogens is 526 g/mol. The number of nitrogens with zero attached hydrogens (tertiary/aromatic N) is 3. The lowest BCUT2D eigenvalue weighted by Crippen LogP contribution is -2.41. The van der Waals surface area contributed by atoms with Crippen LogP contribution in [0.25, 0.3) is 11.4 Å². The molecule has 1 N–H and O–H groups in total. The molecule has 4 rings (SSSR count). The molecule has 1 aromatic carbocycles. The van der Waals surface area contributed by atoms with E-state index >= 15 is 4.39 Å². The van der Waals surface area contributed by atoms with Crippen molar-refractivity contribution in [1.82, 2.24) is 20.2 Å². The van der Waals surface area contributed by atoms with Gasteiger partial charge in [-0.2, -0.15) is 0 Å². The van der Waals surface area contributed by atoms with E-state index in [0.29, 0.717) is 42.0 Å². The summed E-state index contributed by atoms with van der Waals surface area (Å²) in [6, 6.07) is 5.61. The average Bonchev–Trinajstić information content (AvgIpc) is 3.20. The third-order valence-electron chi connectivity index (χ3n) is 5.74. The van der Waals surface area contributed by atoms with Gasteiger partial charge in [-0.1, -0.05) is 6.07 Å². The van der Waals surface area contributed by atoms with Crippen LogP contribution in [0.3, 0.4) is 0 Å². The van der Waals surface area contributed by atoms with Crippen LogP contribution in [0.2, 0.25) is 0 Å². The Kier molecular flexibility index (Phi) is 7.56. The molecule has 3 aromatic rings. The maximum absolute atomic E-state index is 15.0. The topological polar surface area (TPSA) is 97.6 Å². The first-order valence-electron chi connectivity index (χ1n) is 11.0. The van der Waals surface area contributed by atoms with Gasteiger partial charge in [-0.15, -0.1) is 0 Å². The predicted molar refractivity (Wildman–Crippen MR) is 126 cm³/mol. The summed E-state index contributed by atoms with van der Waals surface area (Å²) in [7, 11) is 1.94. The van der Waals surface area contributed by atoms with E-state index in [1.54, 1.807) is 12.3 Å². The first-order valence-corrected chi connectivity index (χ1v) is 11.7. The zero-order chi connectivity index (χ0) is 25.1. The van der Waals surface area contributed by atoms with E-state index in [0.717, 1.165) is 17.7 Å². The number of rotatable bonds is 6. The number of ether oxygens (including phenoxy) is 1. The second-order valence-electron chi connectivity index (χ2n) is 8.37. The van der Waals surface area contributed by atoms with Gasteiger partial charge in [-0.05, 0) is 79.6 Å². The van der Waals surface area contributed by atoms with Gasteiger partial charge in [0.25, 0.3) is 5.91 Å². The summed E-state index contributed by atoms with van der Waals surface area (Å²) < 4.78 is 40.6. The third kappa shape index (κ3) is 5.73. The van der Waals surface area contributed by atoms with Crippen molar-refractivity contribution in [3.05, 3.63) is 63.8 Å². The molecule has 11 heteroatoms. The molecule has 1 aliphatic rings. The van der Waals surface area contributed by atoms with Crippen molar-refractivity contribution in [2.75, 3.05) is 20.1 Å². The Morgan fingerprint density at radius 2 is 1.97 bits per heavy atom. The van der Waals surface area contributed by atoms with Crippen molar-refractivity contribution in [2.45, 2.75) is 26.4 Å². The van der Waals surface area contributed by atoms with Crippen LogP contribution in [0.1, 0.15) is 34.7 Å². The number of likely N-dealkylation sites (tertiary alicyclic amines) is 1. The third-order valence-corrected chi connectivity index (χ3v) is 6.28. The van der Waals surface area contributed by atoms with E-state index in [2.05, 4.69) is 36.1 Å². The molecular formula is C24H23BrF2N4O4. The van der Waals surface area contributed by atoms with Crippen LogP contribution in [0, 0.1) is 24.5 Å². The van der Waals surface area contributed by atoms with Gasteiger partial charge in [0.15, 0.2) is 22.8 Å². The smallest absolute Gasteiger partial charge is 0.263 e. The van der Waals surface area contributed by atoms with Crippen molar-refractivity contribution >= 4 is 27.7 Å². The fraction of sp³-hybridized carbons (Fsp3) is 0.333. The molecule has 0 bridgehead atoms. The highest BCUT2D eigenvalue weighted by Crippen LogP contribution is 2.29. The molecule has 0 aliphatic carbocycles. The summed E-state index contributed by atoms with van der Waals surface area (Å²) in [6.45, 7) is 3.03. The summed E-state index contributed by atoms with van der Waals surface area (Å²) in [6.07, 6.45) is 2.82. The molecule has 8 nitrogen and oxygen atoms in total. The quantitative estimate of drug-likeness (QED) is 0.459. The van der Waals surface area contributed by atoms with Crippen LogP contribution < -0.4 is 10.1 Å². The van der Waals surface area contributed by atoms with E-state index < -0.39 is 29.0 Å². The maximum atomic E-state index is 15.0. The number of halogens is 3. The monoisotopic (exact) mass is 548 g/mol. The molecule has 0 atom stereocenters. The Hall–Kier alpha value is -3.18. The number of nitrogens with one attached hydrogen (secondary N) is 1. The molecule has 2 aromatic heterocycles. The standard InChI is InChI=1S/C24H23BrF2N4O4/c1-13-3-5-16(28-11-13)21-22(25)35-18(29-21)12-34-17-6-4-15(26)19(20(17)27)24(33)30-23(32)14-7-9-31(2)10-8-14/h3-6,11,14H,7-10,12H2,1-2H3,(H,30,32,33). The lowest BCUT2D eigenvalue weighted by molar-refractivity contribution is -0.125. The highest BCUT2D eigenvalue weighted by atomic mass is 79.9. The van der Waals surface area contributed by atoms with Gasteiger partial charge in [0, 0.05) is 12.1 Å². The van der Waals surface area contributed by atoms with E-state index in [1.807, 2.05) is 20.0 Å². The maximum Gasteiger partial charge on any atom is 0.263 e. The number of hydrogen-bond donors (Lipinski definition) is 1. The zero-order valence-corrected chi connectivity index (χ0v) is 20.7. The molecule has 184 valence electrons. The molecule has 0 saturated carbocycles. The number of carbonyl (C=O) groups is 2. The van der Waals surface area contributed by atoms with Crippen molar-refractivity contribution in [3.63, 3.8) is 0 Å². The Morgan fingerprint density at radius 3 is 2.66 bits per heavy atom. The van der Waals surface area contributed by atoms with E-state index in [9.17, 15) is 14.0 Å². The second-order valence-corrected chi connectivity index (χ2v) is 9.09. The van der Waals surface area contributed by atoms with E-state index in [1.165, 1.54) is 0 Å². The fourth-order valence-electron chi connectivity index (χ4n) is 3.71. The second kappa shape index (κ2) is 10.6. The highest BCUT2D eigenvalue weighted by molar-refractivity contribution is 9.10. The van der Waals surface area contributed by atoms with Gasteiger partial charge >= 0.3 is 0 Å². The summed E-state index contributed by atoms with van der Waals surface area (Å²) in [4.78, 5) is 35.6. The number of carbonyl (C=O) groups excluding carboxylic acids is 2. The number of imide groups is 1. The van der Waals surface area contributed by atoms with Crippen LogP contribution in [0.5, 0.6) is 5.75 Å². The van der Waals surface area contributed by atoms with Gasteiger partial charge in [-0.3, -0.25) is 19.9 Å². The van der Waals surface area contributed by atoms with Crippen molar-refractivity contribution in [1.29, 1.82) is 0 Å². The first kappa shape index (κ1) is 24.9. The summed E-state index contributed by atoms with van der Waals surface area (Å²) in [5.41, 5.74) is 1.10. The Labute approximate surface area is 208 Å². The zero-order valence-electron chi connectivity index (χ0n) is 19.1. The molecule has 1 aliphatic heterocycles. The van der Waals surface area contributed by atoms with Gasteiger partial charge < -0.3 is 14.1 Å². The normalized spacial score (nSPS) is 14.7. The molecule has 3 heterocycles. The number of benzene rings is 1. The molecule has 35 heavy (non-hydrogen) atoms. The highest BCUT2D eigenvalue weighted by Gasteiger charge is 2.28. The average molecular weight is 549 g/mol. The van der Waals surface area contributed by atoms with Crippen LogP contribution in [-0.4, -0.2) is 46.8 Å². The molecule has 0 radical (unpaired) electrons. The van der Waals surface area contributed by atoms with Gasteiger partial charge in [0.2, 0.25) is 11.8 Å². The lowest BCUT2D eigenvalue weighted by atomic mass is 9.96. The Balaban J connectivity index is 1.45. The van der Waals surface area contributed by atoms with Crippen LogP contribution in [0.15, 0.2) is 39.5 Å². The van der Waals surface area contributed by atoms with Gasteiger partial charge in [-0.25, -0.2) is 13.8 Å². The minimum atomic E-state index is -1.22. The molecule has 1 fully saturated rings. The fourth-order valence-corrected chi connectivity index (χ4v) is 4.19. The minimum Gasteiger partial charge on any atom is -0.481 e. The minimum absolute atomic E-state index is 0.112. The number of pyridine rings is 1. The van der Waals surface area contributed by atoms with Crippen LogP contribution in [0.4, 0.5) is 8.78 Å². The predicted octanol–water partition coefficient (Wildman–Crippen LogP) is 4.26. The van der Waals surface area contributed by atoms with Gasteiger partial charge in [0.05, 0.1) is 5.69 Å². The van der Waals surface area contributed by atoms with Crippen LogP contribution >= 0.6 is 15.9 Å². The summed E-state index contributed by atoms with van der Waals surface area (Å²) in [5, 5.41) is 2.12. The Morgan fingerprint density at radius 1 is 1.23 bits per heavy atom. The summed E-state index contributed by atoms with van der Waals surface area (Å²) in [5.74, 6) is -4.67. The number of amides is 2. The lowest BCUT2D eigenvalue weighted by Gasteiger charge is -2.27. The summed E-state index contributed by atoms with van der Waals surface area (Å²) >= 11 is 3.28. The molecule has 1 saturated heterocycles. The van der Waals surface area contributed by atoms with Crippen molar-refractivity contribution < 1.29 is 27.5 Å². The first-order chi connectivity index (χ1) is 16.7. The number of aryl methyl sites for hydroxylation is 1. The van der Waals surface area contributed by atoms with E-state index in [4.69, 9.17) is 9.15 Å². The Bertz CT molecular complexity index is 1240. The number of oxazole rings is 1. The molecule has 0 unspecified atom stereocenters.